The van der Waals surface area contributed by atoms with Gasteiger partial charge in [-0.15, -0.1) is 0 Å². The summed E-state index contributed by atoms with van der Waals surface area (Å²) in [6.07, 6.45) is 6.99. The van der Waals surface area contributed by atoms with Gasteiger partial charge >= 0.3 is 0 Å². The third-order valence-electron chi connectivity index (χ3n) is 3.26. The molecule has 1 aromatic rings. The number of anilines is 2. The van der Waals surface area contributed by atoms with Crippen LogP contribution in [0, 0.1) is 0 Å². The van der Waals surface area contributed by atoms with Crippen LogP contribution in [-0.2, 0) is 0 Å². The molecule has 0 aliphatic heterocycles. The Hall–Kier alpha value is -0.320. The zero-order valence-corrected chi connectivity index (χ0v) is 12.6. The number of hydrogen-bond acceptors (Lipinski definition) is 4. The molecule has 1 aliphatic rings. The molecule has 2 unspecified atom stereocenters. The van der Waals surface area contributed by atoms with Crippen LogP contribution in [-0.4, -0.2) is 22.5 Å². The molecule has 0 spiro atoms. The van der Waals surface area contributed by atoms with E-state index >= 15 is 0 Å². The van der Waals surface area contributed by atoms with Gasteiger partial charge in [0.2, 0.25) is 0 Å². The first-order valence-corrected chi connectivity index (χ1v) is 8.05. The molecule has 0 bridgehead atoms. The van der Waals surface area contributed by atoms with E-state index in [2.05, 4.69) is 16.6 Å². The van der Waals surface area contributed by atoms with Gasteiger partial charge in [-0.1, -0.05) is 29.6 Å². The Bertz CT molecular complexity index is 428. The minimum absolute atomic E-state index is 0.320. The molecular weight excluding hydrogens is 289 g/mol. The second-order valence-corrected chi connectivity index (χ2v) is 6.50. The Morgan fingerprint density at radius 1 is 1.39 bits per heavy atom. The second kappa shape index (κ2) is 6.22. The van der Waals surface area contributed by atoms with Gasteiger partial charge in [-0.3, -0.25) is 0 Å². The Morgan fingerprint density at radius 3 is 2.89 bits per heavy atom. The second-order valence-electron chi connectivity index (χ2n) is 4.55. The maximum Gasteiger partial charge on any atom is 0.147 e. The van der Waals surface area contributed by atoms with E-state index in [1.807, 2.05) is 11.8 Å². The lowest BCUT2D eigenvalue weighted by Gasteiger charge is -2.29. The Labute approximate surface area is 122 Å². The van der Waals surface area contributed by atoms with Crippen molar-refractivity contribution < 1.29 is 0 Å². The predicted molar refractivity (Wildman–Crippen MR) is 81.9 cm³/mol. The topological polar surface area (TPSA) is 50.9 Å². The van der Waals surface area contributed by atoms with Crippen LogP contribution >= 0.6 is 35.0 Å². The molecule has 0 saturated heterocycles. The highest BCUT2D eigenvalue weighted by Crippen LogP contribution is 2.32. The summed E-state index contributed by atoms with van der Waals surface area (Å²) >= 11 is 13.9. The van der Waals surface area contributed by atoms with E-state index in [0.29, 0.717) is 27.7 Å². The zero-order chi connectivity index (χ0) is 13.1. The lowest BCUT2D eigenvalue weighted by Crippen LogP contribution is -2.29. The summed E-state index contributed by atoms with van der Waals surface area (Å²) in [5.41, 5.74) is 5.70. The fourth-order valence-corrected chi connectivity index (χ4v) is 3.51. The summed E-state index contributed by atoms with van der Waals surface area (Å²) in [5.74, 6) is 0.964. The summed E-state index contributed by atoms with van der Waals surface area (Å²) in [4.78, 5) is 4.21. The summed E-state index contributed by atoms with van der Waals surface area (Å²) in [5, 5.41) is 5.04. The molecule has 2 rings (SSSR count). The SMILES string of the molecule is CSC1CCCC(Nc2nc(N)c(Cl)cc2Cl)C1. The number of nitrogen functional groups attached to an aromatic ring is 1. The number of thioether (sulfide) groups is 1. The van der Waals surface area contributed by atoms with Crippen LogP contribution in [0.4, 0.5) is 11.6 Å². The summed E-state index contributed by atoms with van der Waals surface area (Å²) in [7, 11) is 0. The number of pyridine rings is 1. The molecule has 18 heavy (non-hydrogen) atoms. The predicted octanol–water partition coefficient (Wildman–Crippen LogP) is 4.06. The van der Waals surface area contributed by atoms with Gasteiger partial charge in [0.05, 0.1) is 10.0 Å². The summed E-state index contributed by atoms with van der Waals surface area (Å²) in [6.45, 7) is 0. The van der Waals surface area contributed by atoms with E-state index in [0.717, 1.165) is 18.1 Å². The van der Waals surface area contributed by atoms with Crippen molar-refractivity contribution in [3.8, 4) is 0 Å². The van der Waals surface area contributed by atoms with Gasteiger partial charge in [0.1, 0.15) is 11.6 Å². The molecule has 3 nitrogen and oxygen atoms in total. The third-order valence-corrected chi connectivity index (χ3v) is 4.94. The smallest absolute Gasteiger partial charge is 0.147 e. The molecule has 1 aromatic heterocycles. The van der Waals surface area contributed by atoms with Gasteiger partial charge in [0, 0.05) is 11.3 Å². The van der Waals surface area contributed by atoms with E-state index in [9.17, 15) is 0 Å². The van der Waals surface area contributed by atoms with Gasteiger partial charge in [-0.05, 0) is 31.6 Å². The van der Waals surface area contributed by atoms with E-state index in [4.69, 9.17) is 28.9 Å². The number of nitrogens with two attached hydrogens (primary N) is 1. The molecule has 100 valence electrons. The molecule has 0 radical (unpaired) electrons. The van der Waals surface area contributed by atoms with Gasteiger partial charge < -0.3 is 11.1 Å². The quantitative estimate of drug-likeness (QED) is 0.884. The first kappa shape index (κ1) is 14.1. The molecule has 6 heteroatoms. The van der Waals surface area contributed by atoms with E-state index in [1.165, 1.54) is 12.8 Å². The number of rotatable bonds is 3. The Kier molecular flexibility index (Phi) is 4.87. The van der Waals surface area contributed by atoms with E-state index < -0.39 is 0 Å². The van der Waals surface area contributed by atoms with Gasteiger partial charge in [0.15, 0.2) is 0 Å². The Balaban J connectivity index is 2.07. The first-order valence-electron chi connectivity index (χ1n) is 6.01. The molecule has 1 heterocycles. The normalized spacial score (nSPS) is 23.9. The molecule has 0 aromatic carbocycles. The highest BCUT2D eigenvalue weighted by molar-refractivity contribution is 7.99. The monoisotopic (exact) mass is 305 g/mol. The van der Waals surface area contributed by atoms with E-state index in [-0.39, 0.29) is 0 Å². The summed E-state index contributed by atoms with van der Waals surface area (Å²) < 4.78 is 0. The molecule has 1 saturated carbocycles. The van der Waals surface area contributed by atoms with Crippen LogP contribution in [0.3, 0.4) is 0 Å². The van der Waals surface area contributed by atoms with Crippen molar-refractivity contribution in [2.45, 2.75) is 37.0 Å². The van der Waals surface area contributed by atoms with Gasteiger partial charge in [-0.2, -0.15) is 11.8 Å². The van der Waals surface area contributed by atoms with E-state index in [1.54, 1.807) is 6.07 Å². The minimum atomic E-state index is 0.320. The van der Waals surface area contributed by atoms with Gasteiger partial charge in [0.25, 0.3) is 0 Å². The average Bonchev–Trinajstić information content (AvgIpc) is 2.36. The highest BCUT2D eigenvalue weighted by atomic mass is 35.5. The molecule has 3 N–H and O–H groups in total. The number of nitrogens with one attached hydrogen (secondary N) is 1. The average molecular weight is 306 g/mol. The molecule has 0 amide bonds. The standard InChI is InChI=1S/C12H17Cl2N3S/c1-18-8-4-2-3-7(5-8)16-12-10(14)6-9(13)11(15)17-12/h6-8H,2-5H2,1H3,(H3,15,16,17). The van der Waals surface area contributed by atoms with Crippen molar-refractivity contribution in [3.05, 3.63) is 16.1 Å². The van der Waals surface area contributed by atoms with Gasteiger partial charge in [-0.25, -0.2) is 4.98 Å². The number of halogens is 2. The molecule has 2 atom stereocenters. The van der Waals surface area contributed by atoms with Crippen molar-refractivity contribution >= 4 is 46.6 Å². The lowest BCUT2D eigenvalue weighted by atomic mass is 9.95. The third kappa shape index (κ3) is 3.37. The maximum atomic E-state index is 6.12. The van der Waals surface area contributed by atoms with Crippen molar-refractivity contribution in [2.75, 3.05) is 17.3 Å². The molecular formula is C12H17Cl2N3S. The van der Waals surface area contributed by atoms with Crippen LogP contribution in [0.15, 0.2) is 6.07 Å². The zero-order valence-electron chi connectivity index (χ0n) is 10.2. The minimum Gasteiger partial charge on any atom is -0.382 e. The lowest BCUT2D eigenvalue weighted by molar-refractivity contribution is 0.473. The van der Waals surface area contributed by atoms with Crippen LogP contribution in [0.5, 0.6) is 0 Å². The van der Waals surface area contributed by atoms with Crippen molar-refractivity contribution in [1.82, 2.24) is 4.98 Å². The fraction of sp³-hybridized carbons (Fsp3) is 0.583. The number of hydrogen-bond donors (Lipinski definition) is 2. The summed E-state index contributed by atoms with van der Waals surface area (Å²) in [6, 6.07) is 2.06. The van der Waals surface area contributed by atoms with Crippen LogP contribution in [0.1, 0.15) is 25.7 Å². The number of nitrogens with zero attached hydrogens (tertiary/aromatic N) is 1. The highest BCUT2D eigenvalue weighted by Gasteiger charge is 2.22. The maximum absolute atomic E-state index is 6.12. The molecule has 1 aliphatic carbocycles. The Morgan fingerprint density at radius 2 is 2.17 bits per heavy atom. The van der Waals surface area contributed by atoms with Crippen molar-refractivity contribution in [2.24, 2.45) is 0 Å². The first-order chi connectivity index (χ1) is 8.60. The van der Waals surface area contributed by atoms with Crippen molar-refractivity contribution in [3.63, 3.8) is 0 Å². The van der Waals surface area contributed by atoms with Crippen LogP contribution in [0.2, 0.25) is 10.0 Å². The number of aromatic nitrogens is 1. The largest absolute Gasteiger partial charge is 0.382 e. The fourth-order valence-electron chi connectivity index (χ4n) is 2.27. The van der Waals surface area contributed by atoms with Crippen LogP contribution < -0.4 is 11.1 Å². The van der Waals surface area contributed by atoms with Crippen molar-refractivity contribution in [1.29, 1.82) is 0 Å². The molecule has 1 fully saturated rings. The van der Waals surface area contributed by atoms with Crippen LogP contribution in [0.25, 0.3) is 0 Å².